The van der Waals surface area contributed by atoms with Crippen LogP contribution >= 0.6 is 0 Å². The van der Waals surface area contributed by atoms with Crippen molar-refractivity contribution in [3.8, 4) is 0 Å². The van der Waals surface area contributed by atoms with Crippen LogP contribution in [-0.4, -0.2) is 11.9 Å². The Hall–Kier alpha value is -0.790. The molecule has 0 radical (unpaired) electrons. The molecular weight excluding hydrogens is 270 g/mol. The van der Waals surface area contributed by atoms with Gasteiger partial charge in [0, 0.05) is 12.5 Å². The van der Waals surface area contributed by atoms with Crippen molar-refractivity contribution in [3.05, 3.63) is 12.2 Å². The smallest absolute Gasteiger partial charge is 0.220 e. The first-order valence-electron chi connectivity index (χ1n) is 9.63. The van der Waals surface area contributed by atoms with E-state index in [1.165, 1.54) is 44.9 Å². The highest BCUT2D eigenvalue weighted by Crippen LogP contribution is 2.61. The number of amides is 1. The predicted octanol–water partition coefficient (Wildman–Crippen LogP) is 4.45. The topological polar surface area (TPSA) is 29.1 Å². The Morgan fingerprint density at radius 1 is 1.18 bits per heavy atom. The monoisotopic (exact) mass is 301 g/mol. The molecule has 0 saturated heterocycles. The summed E-state index contributed by atoms with van der Waals surface area (Å²) < 4.78 is 0. The van der Waals surface area contributed by atoms with Crippen molar-refractivity contribution >= 4 is 5.91 Å². The number of hydrogen-bond donors (Lipinski definition) is 1. The quantitative estimate of drug-likeness (QED) is 0.747. The fraction of sp³-hybridized carbons (Fsp3) is 0.850. The number of hydrogen-bond acceptors (Lipinski definition) is 1. The van der Waals surface area contributed by atoms with Gasteiger partial charge in [-0.2, -0.15) is 0 Å². The minimum absolute atomic E-state index is 0.305. The van der Waals surface area contributed by atoms with Crippen LogP contribution in [0.25, 0.3) is 0 Å². The van der Waals surface area contributed by atoms with Gasteiger partial charge in [0.25, 0.3) is 0 Å². The summed E-state index contributed by atoms with van der Waals surface area (Å²) in [7, 11) is 0. The molecule has 4 saturated carbocycles. The van der Waals surface area contributed by atoms with Gasteiger partial charge in [0.15, 0.2) is 0 Å². The molecule has 5 rings (SSSR count). The van der Waals surface area contributed by atoms with E-state index >= 15 is 0 Å². The Morgan fingerprint density at radius 2 is 1.82 bits per heavy atom. The van der Waals surface area contributed by atoms with E-state index in [1.807, 2.05) is 0 Å². The second kappa shape index (κ2) is 5.69. The first-order chi connectivity index (χ1) is 10.7. The van der Waals surface area contributed by atoms with E-state index in [0.29, 0.717) is 29.7 Å². The number of carbonyl (C=O) groups is 1. The first kappa shape index (κ1) is 14.8. The summed E-state index contributed by atoms with van der Waals surface area (Å²) in [5.41, 5.74) is 0.449. The van der Waals surface area contributed by atoms with Crippen molar-refractivity contribution in [3.63, 3.8) is 0 Å². The van der Waals surface area contributed by atoms with Gasteiger partial charge in [-0.25, -0.2) is 0 Å². The minimum Gasteiger partial charge on any atom is -0.353 e. The van der Waals surface area contributed by atoms with E-state index in [4.69, 9.17) is 0 Å². The molecule has 1 amide bonds. The second-order valence-corrected chi connectivity index (χ2v) is 8.78. The van der Waals surface area contributed by atoms with Crippen LogP contribution in [-0.2, 0) is 4.79 Å². The number of carbonyl (C=O) groups excluding carboxylic acids is 1. The maximum Gasteiger partial charge on any atom is 0.220 e. The second-order valence-electron chi connectivity index (χ2n) is 8.78. The van der Waals surface area contributed by atoms with Gasteiger partial charge in [-0.1, -0.05) is 19.1 Å². The first-order valence-corrected chi connectivity index (χ1v) is 9.63. The molecule has 5 aliphatic rings. The van der Waals surface area contributed by atoms with Crippen LogP contribution in [0.4, 0.5) is 0 Å². The van der Waals surface area contributed by atoms with Crippen LogP contribution in [0.5, 0.6) is 0 Å². The van der Waals surface area contributed by atoms with Crippen LogP contribution in [0.15, 0.2) is 12.2 Å². The molecule has 0 aliphatic heterocycles. The average molecular weight is 301 g/mol. The number of allylic oxidation sites excluding steroid dienone is 2. The van der Waals surface area contributed by atoms with Crippen molar-refractivity contribution in [2.24, 2.45) is 29.1 Å². The third-order valence-electron chi connectivity index (χ3n) is 7.13. The maximum atomic E-state index is 12.5. The zero-order valence-corrected chi connectivity index (χ0v) is 14.0. The molecular formula is C20H31NO. The summed E-state index contributed by atoms with van der Waals surface area (Å²) in [5.74, 6) is 3.70. The van der Waals surface area contributed by atoms with E-state index in [1.54, 1.807) is 0 Å². The van der Waals surface area contributed by atoms with Crippen LogP contribution in [0.3, 0.4) is 0 Å². The highest BCUT2D eigenvalue weighted by Gasteiger charge is 2.53. The molecule has 2 nitrogen and oxygen atoms in total. The van der Waals surface area contributed by atoms with E-state index in [0.717, 1.165) is 30.6 Å². The summed E-state index contributed by atoms with van der Waals surface area (Å²) in [6, 6.07) is 0.429. The van der Waals surface area contributed by atoms with Crippen molar-refractivity contribution in [2.75, 3.05) is 0 Å². The summed E-state index contributed by atoms with van der Waals surface area (Å²) in [5, 5.41) is 3.48. The summed E-state index contributed by atoms with van der Waals surface area (Å²) in [6.45, 7) is 2.28. The van der Waals surface area contributed by atoms with Crippen molar-refractivity contribution < 1.29 is 4.79 Å². The summed E-state index contributed by atoms with van der Waals surface area (Å²) in [6.07, 6.45) is 17.2. The number of nitrogens with one attached hydrogen (secondary N) is 1. The predicted molar refractivity (Wildman–Crippen MR) is 89.3 cm³/mol. The van der Waals surface area contributed by atoms with Gasteiger partial charge < -0.3 is 5.32 Å². The fourth-order valence-corrected chi connectivity index (χ4v) is 6.65. The molecule has 0 aromatic carbocycles. The molecule has 5 aliphatic carbocycles. The van der Waals surface area contributed by atoms with E-state index < -0.39 is 0 Å². The van der Waals surface area contributed by atoms with Crippen LogP contribution in [0, 0.1) is 29.1 Å². The van der Waals surface area contributed by atoms with Crippen LogP contribution in [0.2, 0.25) is 0 Å². The van der Waals surface area contributed by atoms with Gasteiger partial charge in [0.1, 0.15) is 0 Å². The molecule has 0 unspecified atom stereocenters. The highest BCUT2D eigenvalue weighted by molar-refractivity contribution is 5.77. The standard InChI is InChI=1S/C20H31NO/c1-2-18(21-19(22)10-14-5-3-4-6-14)20-11-15-7-16(12-20)9-17(8-15)13-20/h3,5,14-18H,2,4,6-13H2,1H3,(H,21,22)/t14-,15?,16?,17?,18+,20?/m0/s1. The molecule has 0 spiro atoms. The van der Waals surface area contributed by atoms with Crippen molar-refractivity contribution in [1.29, 1.82) is 0 Å². The Labute approximate surface area is 135 Å². The molecule has 2 heteroatoms. The molecule has 22 heavy (non-hydrogen) atoms. The molecule has 4 fully saturated rings. The van der Waals surface area contributed by atoms with E-state index in [9.17, 15) is 4.79 Å². The zero-order chi connectivity index (χ0) is 15.2. The minimum atomic E-state index is 0.305. The van der Waals surface area contributed by atoms with Gasteiger partial charge in [-0.05, 0) is 86.9 Å². The van der Waals surface area contributed by atoms with Crippen LogP contribution < -0.4 is 5.32 Å². The third-order valence-corrected chi connectivity index (χ3v) is 7.13. The molecule has 2 atom stereocenters. The molecule has 0 aromatic rings. The van der Waals surface area contributed by atoms with Gasteiger partial charge in [-0.3, -0.25) is 4.79 Å². The lowest BCUT2D eigenvalue weighted by Crippen LogP contribution is -2.56. The molecule has 0 heterocycles. The van der Waals surface area contributed by atoms with Crippen LogP contribution in [0.1, 0.15) is 71.1 Å². The Kier molecular flexibility index (Phi) is 3.82. The largest absolute Gasteiger partial charge is 0.353 e. The SMILES string of the molecule is CC[C@@H](NC(=O)C[C@H]1C=CCC1)C12CC3CC(CC(C3)C1)C2. The Balaban J connectivity index is 1.43. The summed E-state index contributed by atoms with van der Waals surface area (Å²) >= 11 is 0. The van der Waals surface area contributed by atoms with Gasteiger partial charge in [0.2, 0.25) is 5.91 Å². The lowest BCUT2D eigenvalue weighted by molar-refractivity contribution is -0.127. The third kappa shape index (κ3) is 2.63. The van der Waals surface area contributed by atoms with Crippen molar-refractivity contribution in [2.45, 2.75) is 77.2 Å². The normalized spacial score (nSPS) is 43.5. The lowest BCUT2D eigenvalue weighted by atomic mass is 9.47. The average Bonchev–Trinajstić information content (AvgIpc) is 2.96. The van der Waals surface area contributed by atoms with Gasteiger partial charge in [0.05, 0.1) is 0 Å². The molecule has 122 valence electrons. The molecule has 4 bridgehead atoms. The summed E-state index contributed by atoms with van der Waals surface area (Å²) in [4.78, 5) is 12.5. The highest BCUT2D eigenvalue weighted by atomic mass is 16.1. The zero-order valence-electron chi connectivity index (χ0n) is 14.0. The Bertz CT molecular complexity index is 431. The molecule has 1 N–H and O–H groups in total. The molecule has 0 aromatic heterocycles. The van der Waals surface area contributed by atoms with Gasteiger partial charge >= 0.3 is 0 Å². The van der Waals surface area contributed by atoms with E-state index in [-0.39, 0.29) is 0 Å². The van der Waals surface area contributed by atoms with E-state index in [2.05, 4.69) is 24.4 Å². The lowest BCUT2D eigenvalue weighted by Gasteiger charge is -2.59. The number of rotatable bonds is 5. The maximum absolute atomic E-state index is 12.5. The fourth-order valence-electron chi connectivity index (χ4n) is 6.65. The van der Waals surface area contributed by atoms with Crippen molar-refractivity contribution in [1.82, 2.24) is 5.32 Å². The Morgan fingerprint density at radius 3 is 2.32 bits per heavy atom. The van der Waals surface area contributed by atoms with Gasteiger partial charge in [-0.15, -0.1) is 0 Å².